The summed E-state index contributed by atoms with van der Waals surface area (Å²) in [6.45, 7) is 3.90. The zero-order valence-electron chi connectivity index (χ0n) is 18.0. The monoisotopic (exact) mass is 457 g/mol. The summed E-state index contributed by atoms with van der Waals surface area (Å²) in [7, 11) is 0. The van der Waals surface area contributed by atoms with E-state index in [0.717, 1.165) is 26.5 Å². The summed E-state index contributed by atoms with van der Waals surface area (Å²) < 4.78 is 6.91. The Morgan fingerprint density at radius 1 is 0.970 bits per heavy atom. The number of fused-ring (bicyclic) bond motifs is 2. The fraction of sp³-hybridized carbons (Fsp3) is 0.115. The third-order valence-electron chi connectivity index (χ3n) is 5.41. The van der Waals surface area contributed by atoms with Gasteiger partial charge in [0.25, 0.3) is 5.56 Å². The maximum Gasteiger partial charge on any atom is 0.333 e. The first-order chi connectivity index (χ1) is 15.9. The number of pyridine rings is 1. The van der Waals surface area contributed by atoms with Crippen LogP contribution >= 0.6 is 11.6 Å². The van der Waals surface area contributed by atoms with Gasteiger partial charge in [0, 0.05) is 27.6 Å². The van der Waals surface area contributed by atoms with E-state index in [0.29, 0.717) is 27.4 Å². The third kappa shape index (κ3) is 3.79. The van der Waals surface area contributed by atoms with Gasteiger partial charge in [-0.3, -0.25) is 9.78 Å². The van der Waals surface area contributed by atoms with Crippen molar-refractivity contribution in [2.75, 3.05) is 0 Å². The summed E-state index contributed by atoms with van der Waals surface area (Å²) in [5.41, 5.74) is 1.43. The summed E-state index contributed by atoms with van der Waals surface area (Å²) in [6, 6.07) is 18.2. The molecule has 0 bridgehead atoms. The van der Waals surface area contributed by atoms with E-state index in [2.05, 4.69) is 9.97 Å². The number of ether oxygens (including phenoxy) is 1. The van der Waals surface area contributed by atoms with Crippen LogP contribution in [0.15, 0.2) is 82.6 Å². The molecule has 0 spiro atoms. The number of hydrogen-bond acceptors (Lipinski definition) is 4. The zero-order valence-corrected chi connectivity index (χ0v) is 18.8. The highest BCUT2D eigenvalue weighted by Gasteiger charge is 2.14. The number of benzene rings is 3. The van der Waals surface area contributed by atoms with Crippen LogP contribution in [0.2, 0.25) is 5.02 Å². The Morgan fingerprint density at radius 2 is 1.79 bits per heavy atom. The first-order valence-electron chi connectivity index (χ1n) is 10.5. The van der Waals surface area contributed by atoms with Crippen molar-refractivity contribution in [2.24, 2.45) is 0 Å². The molecule has 6 nitrogen and oxygen atoms in total. The largest absolute Gasteiger partial charge is 0.491 e. The second kappa shape index (κ2) is 8.22. The molecule has 2 aromatic heterocycles. The molecule has 0 unspecified atom stereocenters. The van der Waals surface area contributed by atoms with Crippen molar-refractivity contribution < 1.29 is 4.74 Å². The lowest BCUT2D eigenvalue weighted by Gasteiger charge is -2.13. The van der Waals surface area contributed by atoms with Gasteiger partial charge in [0.2, 0.25) is 0 Å². The SMILES string of the molecule is CC(C)Oc1ccc(Cl)c(-c2ccc3c(=O)n(-c4cncc5ccccc45)c(=O)[nH]c3c2)c1. The highest BCUT2D eigenvalue weighted by Crippen LogP contribution is 2.33. The molecule has 0 atom stereocenters. The van der Waals surface area contributed by atoms with E-state index in [9.17, 15) is 9.59 Å². The molecule has 0 fully saturated rings. The number of halogens is 1. The molecular formula is C26H20ClN3O3. The average Bonchev–Trinajstić information content (AvgIpc) is 2.80. The minimum Gasteiger partial charge on any atom is -0.491 e. The predicted molar refractivity (Wildman–Crippen MR) is 132 cm³/mol. The third-order valence-corrected chi connectivity index (χ3v) is 5.74. The maximum atomic E-state index is 13.4. The molecule has 33 heavy (non-hydrogen) atoms. The summed E-state index contributed by atoms with van der Waals surface area (Å²) in [4.78, 5) is 33.4. The summed E-state index contributed by atoms with van der Waals surface area (Å²) in [5.74, 6) is 0.692. The van der Waals surface area contributed by atoms with Gasteiger partial charge in [-0.05, 0) is 49.7 Å². The molecule has 2 heterocycles. The van der Waals surface area contributed by atoms with Gasteiger partial charge in [-0.1, -0.05) is 41.9 Å². The quantitative estimate of drug-likeness (QED) is 0.395. The Kier molecular flexibility index (Phi) is 5.23. The van der Waals surface area contributed by atoms with E-state index in [4.69, 9.17) is 16.3 Å². The van der Waals surface area contributed by atoms with Gasteiger partial charge in [0.1, 0.15) is 5.75 Å². The molecule has 164 valence electrons. The van der Waals surface area contributed by atoms with E-state index in [1.54, 1.807) is 24.4 Å². The number of nitrogens with one attached hydrogen (secondary N) is 1. The van der Waals surface area contributed by atoms with Crippen molar-refractivity contribution >= 4 is 33.3 Å². The van der Waals surface area contributed by atoms with E-state index in [-0.39, 0.29) is 6.10 Å². The second-order valence-corrected chi connectivity index (χ2v) is 8.43. The molecule has 0 saturated heterocycles. The fourth-order valence-corrected chi connectivity index (χ4v) is 4.18. The molecule has 0 amide bonds. The number of hydrogen-bond donors (Lipinski definition) is 1. The van der Waals surface area contributed by atoms with Crippen molar-refractivity contribution in [3.63, 3.8) is 0 Å². The van der Waals surface area contributed by atoms with E-state index < -0.39 is 11.2 Å². The lowest BCUT2D eigenvalue weighted by atomic mass is 10.0. The molecule has 7 heteroatoms. The van der Waals surface area contributed by atoms with E-state index >= 15 is 0 Å². The number of H-pyrrole nitrogens is 1. The van der Waals surface area contributed by atoms with Crippen LogP contribution in [-0.2, 0) is 0 Å². The van der Waals surface area contributed by atoms with Crippen molar-refractivity contribution in [3.05, 3.63) is 98.9 Å². The first kappa shape index (κ1) is 21.0. The number of aromatic nitrogens is 3. The van der Waals surface area contributed by atoms with Crippen molar-refractivity contribution in [1.82, 2.24) is 14.5 Å². The zero-order chi connectivity index (χ0) is 23.1. The van der Waals surface area contributed by atoms with Crippen LogP contribution in [0.4, 0.5) is 0 Å². The van der Waals surface area contributed by atoms with Crippen molar-refractivity contribution in [2.45, 2.75) is 20.0 Å². The Hall–Kier alpha value is -3.90. The van der Waals surface area contributed by atoms with Crippen LogP contribution in [0, 0.1) is 0 Å². The molecule has 0 saturated carbocycles. The summed E-state index contributed by atoms with van der Waals surface area (Å²) in [6.07, 6.45) is 3.25. The highest BCUT2D eigenvalue weighted by atomic mass is 35.5. The van der Waals surface area contributed by atoms with Gasteiger partial charge in [-0.25, -0.2) is 9.36 Å². The average molecular weight is 458 g/mol. The minimum atomic E-state index is -0.536. The molecule has 5 rings (SSSR count). The molecule has 5 aromatic rings. The number of aromatic amines is 1. The van der Waals surface area contributed by atoms with Crippen LogP contribution in [-0.4, -0.2) is 20.6 Å². The van der Waals surface area contributed by atoms with Crippen LogP contribution < -0.4 is 16.0 Å². The minimum absolute atomic E-state index is 0.0222. The Labute approximate surface area is 194 Å². The summed E-state index contributed by atoms with van der Waals surface area (Å²) in [5, 5.41) is 2.54. The van der Waals surface area contributed by atoms with Gasteiger partial charge in [0.15, 0.2) is 0 Å². The lowest BCUT2D eigenvalue weighted by molar-refractivity contribution is 0.242. The Bertz CT molecular complexity index is 1630. The van der Waals surface area contributed by atoms with Gasteiger partial charge in [-0.2, -0.15) is 0 Å². The topological polar surface area (TPSA) is 77.0 Å². The van der Waals surface area contributed by atoms with Gasteiger partial charge >= 0.3 is 5.69 Å². The first-order valence-corrected chi connectivity index (χ1v) is 10.9. The number of rotatable bonds is 4. The Morgan fingerprint density at radius 3 is 2.61 bits per heavy atom. The lowest BCUT2D eigenvalue weighted by Crippen LogP contribution is -2.33. The van der Waals surface area contributed by atoms with Crippen LogP contribution in [0.25, 0.3) is 38.5 Å². The molecule has 0 radical (unpaired) electrons. The normalized spacial score (nSPS) is 11.4. The van der Waals surface area contributed by atoms with E-state index in [1.165, 1.54) is 6.20 Å². The molecule has 1 N–H and O–H groups in total. The smallest absolute Gasteiger partial charge is 0.333 e. The van der Waals surface area contributed by atoms with E-state index in [1.807, 2.05) is 56.3 Å². The van der Waals surface area contributed by atoms with Crippen molar-refractivity contribution in [3.8, 4) is 22.6 Å². The van der Waals surface area contributed by atoms with Crippen LogP contribution in [0.1, 0.15) is 13.8 Å². The standard InChI is InChI=1S/C26H20ClN3O3/c1-15(2)33-18-8-10-22(27)21(12-18)16-7-9-20-23(11-16)29-26(32)30(25(20)31)24-14-28-13-17-5-3-4-6-19(17)24/h3-15H,1-2H3,(H,29,32). The van der Waals surface area contributed by atoms with Crippen LogP contribution in [0.3, 0.4) is 0 Å². The molecule has 0 aliphatic heterocycles. The van der Waals surface area contributed by atoms with Crippen LogP contribution in [0.5, 0.6) is 5.75 Å². The Balaban J connectivity index is 1.68. The van der Waals surface area contributed by atoms with Gasteiger partial charge < -0.3 is 9.72 Å². The molecule has 0 aliphatic rings. The maximum absolute atomic E-state index is 13.4. The molecule has 0 aliphatic carbocycles. The van der Waals surface area contributed by atoms with Crippen molar-refractivity contribution in [1.29, 1.82) is 0 Å². The van der Waals surface area contributed by atoms with Gasteiger partial charge in [-0.15, -0.1) is 0 Å². The second-order valence-electron chi connectivity index (χ2n) is 8.02. The molecule has 3 aromatic carbocycles. The molecular weight excluding hydrogens is 438 g/mol. The summed E-state index contributed by atoms with van der Waals surface area (Å²) >= 11 is 6.44. The van der Waals surface area contributed by atoms with Gasteiger partial charge in [0.05, 0.1) is 28.9 Å². The number of nitrogens with zero attached hydrogens (tertiary/aromatic N) is 2. The fourth-order valence-electron chi connectivity index (χ4n) is 3.95. The highest BCUT2D eigenvalue weighted by molar-refractivity contribution is 6.33. The predicted octanol–water partition coefficient (Wildman–Crippen LogP) is 5.33.